The van der Waals surface area contributed by atoms with Gasteiger partial charge in [0, 0.05) is 46.3 Å². The van der Waals surface area contributed by atoms with Crippen LogP contribution in [0.1, 0.15) is 39.3 Å². The van der Waals surface area contributed by atoms with Crippen LogP contribution in [0.25, 0.3) is 0 Å². The first-order valence-corrected chi connectivity index (χ1v) is 10.0. The highest BCUT2D eigenvalue weighted by atomic mass is 16.6. The number of ether oxygens (including phenoxy) is 1. The number of nitrogens with one attached hydrogen (secondary N) is 2. The van der Waals surface area contributed by atoms with Crippen LogP contribution in [0.3, 0.4) is 0 Å². The third-order valence-electron chi connectivity index (χ3n) is 4.62. The number of hydrogen-bond acceptors (Lipinski definition) is 4. The Morgan fingerprint density at radius 1 is 1.18 bits per heavy atom. The second-order valence-corrected chi connectivity index (χ2v) is 8.08. The molecule has 7 heteroatoms. The molecule has 28 heavy (non-hydrogen) atoms. The molecule has 0 aromatic heterocycles. The van der Waals surface area contributed by atoms with Gasteiger partial charge < -0.3 is 20.3 Å². The van der Waals surface area contributed by atoms with E-state index in [-0.39, 0.29) is 12.1 Å². The number of guanidine groups is 1. The molecule has 0 saturated carbocycles. The summed E-state index contributed by atoms with van der Waals surface area (Å²) >= 11 is 0. The Hall–Kier alpha value is -2.28. The monoisotopic (exact) mass is 389 g/mol. The van der Waals surface area contributed by atoms with E-state index in [1.165, 1.54) is 5.56 Å². The van der Waals surface area contributed by atoms with Crippen molar-refractivity contribution in [3.63, 3.8) is 0 Å². The van der Waals surface area contributed by atoms with Gasteiger partial charge in [-0.2, -0.15) is 0 Å². The number of carbonyl (C=O) groups excluding carboxylic acids is 1. The molecule has 1 fully saturated rings. The van der Waals surface area contributed by atoms with Gasteiger partial charge in [0.2, 0.25) is 0 Å². The average Bonchev–Trinajstić information content (AvgIpc) is 2.67. The summed E-state index contributed by atoms with van der Waals surface area (Å²) in [6.07, 6.45) is -0.218. The van der Waals surface area contributed by atoms with E-state index in [4.69, 9.17) is 4.74 Å². The van der Waals surface area contributed by atoms with Crippen molar-refractivity contribution in [1.82, 2.24) is 20.4 Å². The van der Waals surface area contributed by atoms with Crippen molar-refractivity contribution in [1.29, 1.82) is 0 Å². The van der Waals surface area contributed by atoms with E-state index in [1.54, 1.807) is 11.9 Å². The smallest absolute Gasteiger partial charge is 0.410 e. The van der Waals surface area contributed by atoms with E-state index in [0.29, 0.717) is 13.1 Å². The summed E-state index contributed by atoms with van der Waals surface area (Å²) in [5.74, 6) is 0.795. The fourth-order valence-corrected chi connectivity index (χ4v) is 3.04. The zero-order valence-electron chi connectivity index (χ0n) is 17.9. The zero-order valence-corrected chi connectivity index (χ0v) is 17.9. The van der Waals surface area contributed by atoms with Crippen molar-refractivity contribution in [2.75, 3.05) is 46.3 Å². The predicted molar refractivity (Wildman–Crippen MR) is 114 cm³/mol. The average molecular weight is 390 g/mol. The molecule has 1 saturated heterocycles. The molecule has 1 aromatic rings. The lowest BCUT2D eigenvalue weighted by atomic mass is 10.1. The van der Waals surface area contributed by atoms with Gasteiger partial charge in [-0.15, -0.1) is 0 Å². The van der Waals surface area contributed by atoms with Gasteiger partial charge in [-0.1, -0.05) is 30.3 Å². The molecule has 156 valence electrons. The molecule has 0 radical (unpaired) electrons. The first-order chi connectivity index (χ1) is 13.3. The minimum atomic E-state index is -0.447. The Labute approximate surface area is 169 Å². The fourth-order valence-electron chi connectivity index (χ4n) is 3.04. The highest BCUT2D eigenvalue weighted by molar-refractivity contribution is 5.80. The summed E-state index contributed by atoms with van der Waals surface area (Å²) in [5, 5.41) is 6.79. The normalized spacial score (nSPS) is 17.2. The summed E-state index contributed by atoms with van der Waals surface area (Å²) in [6, 6.07) is 10.5. The van der Waals surface area contributed by atoms with Gasteiger partial charge in [-0.05, 0) is 33.3 Å². The molecule has 1 aliphatic heterocycles. The van der Waals surface area contributed by atoms with E-state index < -0.39 is 5.60 Å². The van der Waals surface area contributed by atoms with Crippen molar-refractivity contribution in [3.05, 3.63) is 35.9 Å². The molecule has 0 aliphatic carbocycles. The summed E-state index contributed by atoms with van der Waals surface area (Å²) in [7, 11) is 1.78. The van der Waals surface area contributed by atoms with Gasteiger partial charge in [-0.25, -0.2) is 4.79 Å². The summed E-state index contributed by atoms with van der Waals surface area (Å²) in [4.78, 5) is 20.6. The minimum absolute atomic E-state index is 0.185. The van der Waals surface area contributed by atoms with E-state index in [2.05, 4.69) is 39.6 Å². The minimum Gasteiger partial charge on any atom is -0.444 e. The Morgan fingerprint density at radius 3 is 2.39 bits per heavy atom. The molecule has 1 aliphatic rings. The molecular formula is C21H35N5O2. The highest BCUT2D eigenvalue weighted by Gasteiger charge is 2.25. The third kappa shape index (κ3) is 7.38. The number of aliphatic imine (C=N–C) groups is 1. The molecule has 7 nitrogen and oxygen atoms in total. The third-order valence-corrected chi connectivity index (χ3v) is 4.62. The lowest BCUT2D eigenvalue weighted by molar-refractivity contribution is 0.0147. The van der Waals surface area contributed by atoms with Crippen LogP contribution in [0.15, 0.2) is 35.3 Å². The molecular weight excluding hydrogens is 354 g/mol. The van der Waals surface area contributed by atoms with Crippen molar-refractivity contribution in [2.45, 2.75) is 39.3 Å². The maximum atomic E-state index is 12.1. The van der Waals surface area contributed by atoms with Crippen LogP contribution >= 0.6 is 0 Å². The summed E-state index contributed by atoms with van der Waals surface area (Å²) in [6.45, 7) is 12.6. The summed E-state index contributed by atoms with van der Waals surface area (Å²) in [5.41, 5.74) is 0.779. The van der Waals surface area contributed by atoms with Gasteiger partial charge in [0.15, 0.2) is 5.96 Å². The van der Waals surface area contributed by atoms with Crippen molar-refractivity contribution in [3.8, 4) is 0 Å². The lowest BCUT2D eigenvalue weighted by Gasteiger charge is -2.35. The molecule has 1 heterocycles. The number of amides is 1. The quantitative estimate of drug-likeness (QED) is 0.598. The van der Waals surface area contributed by atoms with Gasteiger partial charge in [0.05, 0.1) is 6.04 Å². The van der Waals surface area contributed by atoms with E-state index >= 15 is 0 Å². The highest BCUT2D eigenvalue weighted by Crippen LogP contribution is 2.12. The van der Waals surface area contributed by atoms with Gasteiger partial charge in [0.25, 0.3) is 0 Å². The first kappa shape index (κ1) is 22.0. The predicted octanol–water partition coefficient (Wildman–Crippen LogP) is 2.47. The van der Waals surface area contributed by atoms with Crippen LogP contribution in [0.5, 0.6) is 0 Å². The van der Waals surface area contributed by atoms with Crippen molar-refractivity contribution < 1.29 is 9.53 Å². The fraction of sp³-hybridized carbons (Fsp3) is 0.619. The number of rotatable bonds is 5. The second kappa shape index (κ2) is 10.3. The van der Waals surface area contributed by atoms with Crippen LogP contribution in [-0.4, -0.2) is 73.8 Å². The SMILES string of the molecule is CN=C(NCCN1CCN(C(=O)OC(C)(C)C)CC1)NC(C)c1ccccc1. The van der Waals surface area contributed by atoms with Gasteiger partial charge in [-0.3, -0.25) is 9.89 Å². The maximum Gasteiger partial charge on any atom is 0.410 e. The largest absolute Gasteiger partial charge is 0.444 e. The molecule has 2 N–H and O–H groups in total. The van der Waals surface area contributed by atoms with Crippen LogP contribution in [0.4, 0.5) is 4.79 Å². The van der Waals surface area contributed by atoms with E-state index in [9.17, 15) is 4.79 Å². The number of piperazine rings is 1. The molecule has 2 rings (SSSR count). The Balaban J connectivity index is 1.68. The van der Waals surface area contributed by atoms with Crippen LogP contribution in [-0.2, 0) is 4.74 Å². The Kier molecular flexibility index (Phi) is 8.11. The molecule has 1 unspecified atom stereocenters. The number of carbonyl (C=O) groups is 1. The van der Waals surface area contributed by atoms with Crippen molar-refractivity contribution in [2.24, 2.45) is 4.99 Å². The second-order valence-electron chi connectivity index (χ2n) is 8.08. The Bertz CT molecular complexity index is 634. The summed E-state index contributed by atoms with van der Waals surface area (Å²) < 4.78 is 5.45. The van der Waals surface area contributed by atoms with E-state index in [0.717, 1.165) is 32.1 Å². The number of benzene rings is 1. The topological polar surface area (TPSA) is 69.2 Å². The molecule has 0 bridgehead atoms. The van der Waals surface area contributed by atoms with Crippen LogP contribution < -0.4 is 10.6 Å². The first-order valence-electron chi connectivity index (χ1n) is 10.0. The lowest BCUT2D eigenvalue weighted by Crippen LogP contribution is -2.51. The maximum absolute atomic E-state index is 12.1. The van der Waals surface area contributed by atoms with Crippen LogP contribution in [0.2, 0.25) is 0 Å². The number of nitrogens with zero attached hydrogens (tertiary/aromatic N) is 3. The Morgan fingerprint density at radius 2 is 1.82 bits per heavy atom. The molecule has 0 spiro atoms. The van der Waals surface area contributed by atoms with Crippen LogP contribution in [0, 0.1) is 0 Å². The number of hydrogen-bond donors (Lipinski definition) is 2. The standard InChI is InChI=1S/C21H35N5O2/c1-17(18-9-7-6-8-10-18)24-19(22-5)23-11-12-25-13-15-26(16-14-25)20(27)28-21(2,3)4/h6-10,17H,11-16H2,1-5H3,(H2,22,23,24). The van der Waals surface area contributed by atoms with E-state index in [1.807, 2.05) is 39.0 Å². The molecule has 1 aromatic carbocycles. The van der Waals surface area contributed by atoms with Crippen molar-refractivity contribution >= 4 is 12.1 Å². The molecule has 1 atom stereocenters. The zero-order chi connectivity index (χ0) is 20.6. The van der Waals surface area contributed by atoms with Gasteiger partial charge >= 0.3 is 6.09 Å². The molecule has 1 amide bonds. The van der Waals surface area contributed by atoms with Gasteiger partial charge in [0.1, 0.15) is 5.60 Å².